The molecule has 0 unspecified atom stereocenters. The molecule has 1 aromatic rings. The van der Waals surface area contributed by atoms with Crippen LogP contribution in [-0.4, -0.2) is 33.1 Å². The number of hydrogen-bond donors (Lipinski definition) is 1. The number of halogens is 3. The Morgan fingerprint density at radius 2 is 2.20 bits per heavy atom. The number of rotatable bonds is 3. The molecule has 3 fully saturated rings. The van der Waals surface area contributed by atoms with E-state index in [-0.39, 0.29) is 12.2 Å². The van der Waals surface area contributed by atoms with Crippen LogP contribution < -0.4 is 0 Å². The second kappa shape index (κ2) is 3.97. The number of alkyl halides is 3. The molecule has 0 aromatic carbocycles. The third kappa shape index (κ3) is 1.90. The molecule has 3 aliphatic rings. The molecule has 0 atom stereocenters. The Hall–Kier alpha value is -1.57. The van der Waals surface area contributed by atoms with Gasteiger partial charge in [-0.25, -0.2) is 4.79 Å². The quantitative estimate of drug-likeness (QED) is 0.925. The predicted octanol–water partition coefficient (Wildman–Crippen LogP) is 2.09. The van der Waals surface area contributed by atoms with E-state index in [4.69, 9.17) is 9.84 Å². The fourth-order valence-electron chi connectivity index (χ4n) is 3.22. The van der Waals surface area contributed by atoms with Gasteiger partial charge in [0.25, 0.3) is 0 Å². The van der Waals surface area contributed by atoms with Crippen molar-refractivity contribution in [3.8, 4) is 0 Å². The maximum Gasteiger partial charge on any atom is 0.420 e. The first-order chi connectivity index (χ1) is 9.22. The van der Waals surface area contributed by atoms with E-state index in [0.29, 0.717) is 12.5 Å². The lowest BCUT2D eigenvalue weighted by atomic mass is 9.74. The van der Waals surface area contributed by atoms with Crippen molar-refractivity contribution in [1.82, 2.24) is 9.78 Å². The van der Waals surface area contributed by atoms with Gasteiger partial charge < -0.3 is 9.84 Å². The van der Waals surface area contributed by atoms with Crippen LogP contribution in [0.25, 0.3) is 0 Å². The summed E-state index contributed by atoms with van der Waals surface area (Å²) in [5, 5.41) is 12.9. The summed E-state index contributed by atoms with van der Waals surface area (Å²) >= 11 is 0. The normalized spacial score (nSPS) is 28.5. The highest BCUT2D eigenvalue weighted by atomic mass is 19.4. The number of carboxylic acid groups (broad SMARTS) is 1. The highest BCUT2D eigenvalue weighted by Gasteiger charge is 2.53. The molecule has 110 valence electrons. The zero-order valence-corrected chi connectivity index (χ0v) is 10.7. The second-order valence-electron chi connectivity index (χ2n) is 5.54. The second-order valence-corrected chi connectivity index (χ2v) is 5.54. The van der Waals surface area contributed by atoms with Gasteiger partial charge in [0.15, 0.2) is 5.69 Å². The van der Waals surface area contributed by atoms with E-state index in [9.17, 15) is 18.0 Å². The van der Waals surface area contributed by atoms with Gasteiger partial charge in [0.05, 0.1) is 24.4 Å². The van der Waals surface area contributed by atoms with Crippen molar-refractivity contribution in [2.45, 2.75) is 38.1 Å². The largest absolute Gasteiger partial charge is 0.477 e. The van der Waals surface area contributed by atoms with Crippen molar-refractivity contribution in [1.29, 1.82) is 0 Å². The third-order valence-corrected chi connectivity index (χ3v) is 4.00. The summed E-state index contributed by atoms with van der Waals surface area (Å²) in [6.07, 6.45) is -3.22. The Bertz CT molecular complexity index is 568. The summed E-state index contributed by atoms with van der Waals surface area (Å²) in [4.78, 5) is 11.2. The molecule has 0 spiro atoms. The smallest absolute Gasteiger partial charge is 0.420 e. The number of fused-ring (bicyclic) bond motifs is 1. The SMILES string of the molecule is Cc1nn(CC23CC(CO2)C3)c(C(=O)O)c1C(F)(F)F. The van der Waals surface area contributed by atoms with Crippen LogP contribution in [0.5, 0.6) is 0 Å². The highest BCUT2D eigenvalue weighted by molar-refractivity contribution is 5.88. The van der Waals surface area contributed by atoms with Gasteiger partial charge in [0.1, 0.15) is 5.56 Å². The van der Waals surface area contributed by atoms with E-state index in [1.54, 1.807) is 0 Å². The Morgan fingerprint density at radius 1 is 1.55 bits per heavy atom. The number of carboxylic acids is 1. The van der Waals surface area contributed by atoms with Crippen LogP contribution >= 0.6 is 0 Å². The number of carbonyl (C=O) groups is 1. The predicted molar refractivity (Wildman–Crippen MR) is 60.3 cm³/mol. The Kier molecular flexibility index (Phi) is 2.66. The first-order valence-corrected chi connectivity index (χ1v) is 6.24. The number of aryl methyl sites for hydroxylation is 1. The summed E-state index contributed by atoms with van der Waals surface area (Å²) in [6.45, 7) is 1.82. The summed E-state index contributed by atoms with van der Waals surface area (Å²) in [7, 11) is 0. The summed E-state index contributed by atoms with van der Waals surface area (Å²) in [6, 6.07) is 0. The molecule has 20 heavy (non-hydrogen) atoms. The number of ether oxygens (including phenoxy) is 1. The van der Waals surface area contributed by atoms with E-state index in [1.165, 1.54) is 6.92 Å². The molecule has 5 nitrogen and oxygen atoms in total. The van der Waals surface area contributed by atoms with Gasteiger partial charge in [-0.2, -0.15) is 18.3 Å². The molecule has 8 heteroatoms. The maximum absolute atomic E-state index is 13.0. The third-order valence-electron chi connectivity index (χ3n) is 4.00. The zero-order chi connectivity index (χ0) is 14.7. The van der Waals surface area contributed by atoms with Gasteiger partial charge in [-0.15, -0.1) is 0 Å². The van der Waals surface area contributed by atoms with E-state index in [2.05, 4.69) is 5.10 Å². The van der Waals surface area contributed by atoms with E-state index in [1.807, 2.05) is 0 Å². The molecule has 4 rings (SSSR count). The van der Waals surface area contributed by atoms with Crippen LogP contribution in [-0.2, 0) is 17.5 Å². The lowest BCUT2D eigenvalue weighted by Gasteiger charge is -2.35. The molecule has 0 radical (unpaired) electrons. The van der Waals surface area contributed by atoms with E-state index < -0.39 is 29.0 Å². The van der Waals surface area contributed by atoms with Gasteiger partial charge in [0, 0.05) is 0 Å². The van der Waals surface area contributed by atoms with Crippen LogP contribution in [0.2, 0.25) is 0 Å². The van der Waals surface area contributed by atoms with Crippen molar-refractivity contribution >= 4 is 5.97 Å². The monoisotopic (exact) mass is 290 g/mol. The number of aromatic carboxylic acids is 1. The molecule has 1 saturated carbocycles. The minimum atomic E-state index is -4.73. The molecule has 1 aliphatic carbocycles. The Labute approximate surface area is 112 Å². The number of hydrogen-bond acceptors (Lipinski definition) is 3. The Balaban J connectivity index is 2.01. The molecular weight excluding hydrogens is 277 g/mol. The fraction of sp³-hybridized carbons (Fsp3) is 0.667. The van der Waals surface area contributed by atoms with Crippen molar-refractivity contribution in [2.75, 3.05) is 6.61 Å². The average Bonchev–Trinajstić information content (AvgIpc) is 2.88. The molecule has 2 aliphatic heterocycles. The molecule has 1 aromatic heterocycles. The number of aromatic nitrogens is 2. The van der Waals surface area contributed by atoms with Crippen molar-refractivity contribution in [3.63, 3.8) is 0 Å². The van der Waals surface area contributed by atoms with Gasteiger partial charge in [-0.3, -0.25) is 4.68 Å². The minimum Gasteiger partial charge on any atom is -0.477 e. The van der Waals surface area contributed by atoms with Crippen molar-refractivity contribution in [2.24, 2.45) is 5.92 Å². The van der Waals surface area contributed by atoms with Crippen LogP contribution in [0.1, 0.15) is 34.6 Å². The van der Waals surface area contributed by atoms with E-state index >= 15 is 0 Å². The topological polar surface area (TPSA) is 64.4 Å². The standard InChI is InChI=1S/C12H13F3N2O3/c1-6-8(12(13,14)15)9(10(18)19)17(16-6)5-11-2-7(3-11)4-20-11/h7H,2-5H2,1H3,(H,18,19). The van der Waals surface area contributed by atoms with Gasteiger partial charge in [0.2, 0.25) is 0 Å². The van der Waals surface area contributed by atoms with Gasteiger partial charge in [-0.1, -0.05) is 0 Å². The maximum atomic E-state index is 13.0. The van der Waals surface area contributed by atoms with Crippen LogP contribution in [0.3, 0.4) is 0 Å². The molecular formula is C12H13F3N2O3. The average molecular weight is 290 g/mol. The Morgan fingerprint density at radius 3 is 2.65 bits per heavy atom. The van der Waals surface area contributed by atoms with Crippen molar-refractivity contribution in [3.05, 3.63) is 17.0 Å². The van der Waals surface area contributed by atoms with Crippen LogP contribution in [0.4, 0.5) is 13.2 Å². The van der Waals surface area contributed by atoms with Crippen molar-refractivity contribution < 1.29 is 27.8 Å². The summed E-state index contributed by atoms with van der Waals surface area (Å²) in [5.41, 5.74) is -2.82. The molecule has 2 saturated heterocycles. The first-order valence-electron chi connectivity index (χ1n) is 6.24. The van der Waals surface area contributed by atoms with Crippen LogP contribution in [0, 0.1) is 12.8 Å². The molecule has 0 amide bonds. The van der Waals surface area contributed by atoms with Crippen LogP contribution in [0.15, 0.2) is 0 Å². The van der Waals surface area contributed by atoms with E-state index in [0.717, 1.165) is 17.5 Å². The van der Waals surface area contributed by atoms with Gasteiger partial charge >= 0.3 is 12.1 Å². The highest BCUT2D eigenvalue weighted by Crippen LogP contribution is 2.49. The summed E-state index contributed by atoms with van der Waals surface area (Å²) < 4.78 is 45.3. The molecule has 3 heterocycles. The lowest BCUT2D eigenvalue weighted by Crippen LogP contribution is -2.41. The molecule has 2 bridgehead atoms. The zero-order valence-electron chi connectivity index (χ0n) is 10.7. The minimum absolute atomic E-state index is 0.0576. The fourth-order valence-corrected chi connectivity index (χ4v) is 3.22. The summed E-state index contributed by atoms with van der Waals surface area (Å²) in [5.74, 6) is -1.18. The molecule has 1 N–H and O–H groups in total. The number of nitrogens with zero attached hydrogens (tertiary/aromatic N) is 2. The first kappa shape index (κ1) is 13.4. The lowest BCUT2D eigenvalue weighted by molar-refractivity contribution is -0.138. The van der Waals surface area contributed by atoms with Gasteiger partial charge in [-0.05, 0) is 25.7 Å².